The molecule has 4 rings (SSSR count). The number of nitrogens with one attached hydrogen (secondary N) is 1. The highest BCUT2D eigenvalue weighted by Gasteiger charge is 2.13. The number of amides is 1. The number of methoxy groups -OCH3 is 1. The van der Waals surface area contributed by atoms with E-state index >= 15 is 0 Å². The number of hydrogen-bond acceptors (Lipinski definition) is 5. The van der Waals surface area contributed by atoms with Crippen LogP contribution in [0.25, 0.3) is 26.8 Å². The minimum Gasteiger partial charge on any atom is -0.496 e. The van der Waals surface area contributed by atoms with Gasteiger partial charge >= 0.3 is 0 Å². The quantitative estimate of drug-likeness (QED) is 0.452. The van der Waals surface area contributed by atoms with Crippen LogP contribution in [0.2, 0.25) is 0 Å². The number of ether oxygens (including phenoxy) is 1. The van der Waals surface area contributed by atoms with Crippen molar-refractivity contribution in [1.29, 1.82) is 0 Å². The molecule has 0 radical (unpaired) electrons. The Morgan fingerprint density at radius 2 is 2.07 bits per heavy atom. The molecule has 0 fully saturated rings. The van der Waals surface area contributed by atoms with Crippen LogP contribution < -0.4 is 10.1 Å². The fraction of sp³-hybridized carbons (Fsp3) is 0.182. The zero-order chi connectivity index (χ0) is 19.8. The molecule has 1 amide bonds. The number of aryl methyl sites for hydroxylation is 2. The van der Waals surface area contributed by atoms with Crippen molar-refractivity contribution in [3.8, 4) is 5.75 Å². The molecular formula is C22H20N2O3S. The van der Waals surface area contributed by atoms with Crippen molar-refractivity contribution in [3.05, 3.63) is 59.4 Å². The number of allylic oxidation sites excluding steroid dienone is 1. The van der Waals surface area contributed by atoms with Crippen molar-refractivity contribution in [2.75, 3.05) is 12.4 Å². The normalized spacial score (nSPS) is 11.9. The maximum Gasteiger partial charge on any atom is 0.250 e. The summed E-state index contributed by atoms with van der Waals surface area (Å²) in [7, 11) is 1.61. The first-order valence-electron chi connectivity index (χ1n) is 8.87. The summed E-state index contributed by atoms with van der Waals surface area (Å²) in [6.45, 7) is 5.92. The first kappa shape index (κ1) is 18.3. The highest BCUT2D eigenvalue weighted by molar-refractivity contribution is 7.22. The van der Waals surface area contributed by atoms with Crippen LogP contribution in [-0.4, -0.2) is 18.0 Å². The second-order valence-electron chi connectivity index (χ2n) is 6.77. The number of aromatic nitrogens is 1. The van der Waals surface area contributed by atoms with E-state index in [1.807, 2.05) is 45.0 Å². The predicted octanol–water partition coefficient (Wildman–Crippen LogP) is 5.71. The van der Waals surface area contributed by atoms with Gasteiger partial charge in [-0.3, -0.25) is 10.1 Å². The Labute approximate surface area is 166 Å². The Kier molecular flexibility index (Phi) is 4.65. The summed E-state index contributed by atoms with van der Waals surface area (Å²) in [6, 6.07) is 9.88. The van der Waals surface area contributed by atoms with Gasteiger partial charge in [0.2, 0.25) is 5.91 Å². The maximum atomic E-state index is 12.5. The maximum absolute atomic E-state index is 12.5. The SMILES string of the molecule is COc1cc2occ(C)c2cc1/C(C)=C/C(=O)Nc1nc2ccc(C)cc2s1. The van der Waals surface area contributed by atoms with E-state index in [4.69, 9.17) is 9.15 Å². The molecule has 6 heteroatoms. The minimum atomic E-state index is -0.223. The van der Waals surface area contributed by atoms with Crippen LogP contribution in [0.1, 0.15) is 23.6 Å². The average Bonchev–Trinajstić information content (AvgIpc) is 3.22. The molecule has 5 nitrogen and oxygen atoms in total. The Morgan fingerprint density at radius 1 is 1.25 bits per heavy atom. The second-order valence-corrected chi connectivity index (χ2v) is 7.80. The van der Waals surface area contributed by atoms with E-state index in [0.29, 0.717) is 10.9 Å². The number of hydrogen-bond donors (Lipinski definition) is 1. The van der Waals surface area contributed by atoms with Gasteiger partial charge < -0.3 is 9.15 Å². The van der Waals surface area contributed by atoms with E-state index < -0.39 is 0 Å². The number of nitrogens with zero attached hydrogens (tertiary/aromatic N) is 1. The molecule has 0 aliphatic rings. The van der Waals surface area contributed by atoms with E-state index in [9.17, 15) is 4.79 Å². The van der Waals surface area contributed by atoms with Gasteiger partial charge in [-0.15, -0.1) is 0 Å². The number of thiazole rings is 1. The molecule has 0 aliphatic carbocycles. The third-order valence-corrected chi connectivity index (χ3v) is 5.57. The Balaban J connectivity index is 1.63. The van der Waals surface area contributed by atoms with E-state index in [-0.39, 0.29) is 5.91 Å². The lowest BCUT2D eigenvalue weighted by molar-refractivity contribution is -0.111. The summed E-state index contributed by atoms with van der Waals surface area (Å²) in [5.74, 6) is 0.443. The molecule has 4 aromatic rings. The molecule has 0 bridgehead atoms. The van der Waals surface area contributed by atoms with Gasteiger partial charge in [0.05, 0.1) is 23.6 Å². The van der Waals surface area contributed by atoms with Gasteiger partial charge in [-0.2, -0.15) is 0 Å². The summed E-state index contributed by atoms with van der Waals surface area (Å²) in [5.41, 5.74) is 5.51. The first-order chi connectivity index (χ1) is 13.4. The van der Waals surface area contributed by atoms with Crippen molar-refractivity contribution < 1.29 is 13.9 Å². The second kappa shape index (κ2) is 7.13. The topological polar surface area (TPSA) is 64.4 Å². The summed E-state index contributed by atoms with van der Waals surface area (Å²) < 4.78 is 12.1. The molecule has 28 heavy (non-hydrogen) atoms. The summed E-state index contributed by atoms with van der Waals surface area (Å²) >= 11 is 1.47. The molecule has 2 heterocycles. The van der Waals surface area contributed by atoms with Crippen LogP contribution in [0.5, 0.6) is 5.75 Å². The van der Waals surface area contributed by atoms with Crippen LogP contribution in [0, 0.1) is 13.8 Å². The lowest BCUT2D eigenvalue weighted by Crippen LogP contribution is -2.08. The van der Waals surface area contributed by atoms with Gasteiger partial charge in [0.25, 0.3) is 0 Å². The standard InChI is InChI=1S/C22H20N2O3S/c1-12-5-6-17-20(7-12)28-22(23-17)24-21(25)8-13(2)15-9-16-14(3)11-27-19(16)10-18(15)26-4/h5-11H,1-4H3,(H,23,24,25)/b13-8+. The van der Waals surface area contributed by atoms with Crippen LogP contribution in [0.3, 0.4) is 0 Å². The predicted molar refractivity (Wildman–Crippen MR) is 114 cm³/mol. The van der Waals surface area contributed by atoms with E-state index in [1.165, 1.54) is 16.9 Å². The molecule has 0 atom stereocenters. The number of carbonyl (C=O) groups excluding carboxylic acids is 1. The molecule has 2 aromatic heterocycles. The van der Waals surface area contributed by atoms with E-state index in [1.54, 1.807) is 19.4 Å². The third kappa shape index (κ3) is 3.39. The average molecular weight is 392 g/mol. The Hall–Kier alpha value is -3.12. The van der Waals surface area contributed by atoms with Crippen LogP contribution in [0.15, 0.2) is 47.1 Å². The lowest BCUT2D eigenvalue weighted by atomic mass is 10.0. The molecule has 2 aromatic carbocycles. The molecule has 0 saturated carbocycles. The number of carbonyl (C=O) groups is 1. The van der Waals surface area contributed by atoms with Crippen molar-refractivity contribution in [3.63, 3.8) is 0 Å². The lowest BCUT2D eigenvalue weighted by Gasteiger charge is -2.09. The molecule has 1 N–H and O–H groups in total. The first-order valence-corrected chi connectivity index (χ1v) is 9.69. The molecule has 142 valence electrons. The monoisotopic (exact) mass is 392 g/mol. The van der Waals surface area contributed by atoms with Gasteiger partial charge in [0, 0.05) is 23.1 Å². The van der Waals surface area contributed by atoms with Gasteiger partial charge in [-0.1, -0.05) is 17.4 Å². The number of rotatable bonds is 4. The minimum absolute atomic E-state index is 0.223. The van der Waals surface area contributed by atoms with Gasteiger partial charge in [0.15, 0.2) is 5.13 Å². The highest BCUT2D eigenvalue weighted by Crippen LogP contribution is 2.33. The molecular weight excluding hydrogens is 372 g/mol. The number of fused-ring (bicyclic) bond motifs is 2. The van der Waals surface area contributed by atoms with Crippen molar-refractivity contribution >= 4 is 49.1 Å². The molecule has 0 aliphatic heterocycles. The number of benzene rings is 2. The summed E-state index contributed by atoms with van der Waals surface area (Å²) in [5, 5.41) is 4.46. The number of furan rings is 1. The fourth-order valence-electron chi connectivity index (χ4n) is 3.16. The van der Waals surface area contributed by atoms with Crippen molar-refractivity contribution in [2.24, 2.45) is 0 Å². The Bertz CT molecular complexity index is 1230. The fourth-order valence-corrected chi connectivity index (χ4v) is 4.13. The van der Waals surface area contributed by atoms with E-state index in [2.05, 4.69) is 16.4 Å². The summed E-state index contributed by atoms with van der Waals surface area (Å²) in [6.07, 6.45) is 3.28. The van der Waals surface area contributed by atoms with Crippen LogP contribution in [-0.2, 0) is 4.79 Å². The van der Waals surface area contributed by atoms with Gasteiger partial charge in [-0.25, -0.2) is 4.98 Å². The highest BCUT2D eigenvalue weighted by atomic mass is 32.1. The molecule has 0 unspecified atom stereocenters. The molecule has 0 saturated heterocycles. The van der Waals surface area contributed by atoms with Gasteiger partial charge in [0.1, 0.15) is 11.3 Å². The summed E-state index contributed by atoms with van der Waals surface area (Å²) in [4.78, 5) is 17.0. The number of anilines is 1. The van der Waals surface area contributed by atoms with E-state index in [0.717, 1.165) is 37.9 Å². The largest absolute Gasteiger partial charge is 0.496 e. The van der Waals surface area contributed by atoms with Crippen molar-refractivity contribution in [1.82, 2.24) is 4.98 Å². The molecule has 0 spiro atoms. The van der Waals surface area contributed by atoms with Crippen molar-refractivity contribution in [2.45, 2.75) is 20.8 Å². The Morgan fingerprint density at radius 3 is 2.86 bits per heavy atom. The zero-order valence-corrected chi connectivity index (χ0v) is 16.9. The smallest absolute Gasteiger partial charge is 0.250 e. The zero-order valence-electron chi connectivity index (χ0n) is 16.1. The third-order valence-electron chi connectivity index (χ3n) is 4.64. The van der Waals surface area contributed by atoms with Crippen LogP contribution in [0.4, 0.5) is 5.13 Å². The van der Waals surface area contributed by atoms with Crippen LogP contribution >= 0.6 is 11.3 Å². The van der Waals surface area contributed by atoms with Gasteiger partial charge in [-0.05, 0) is 55.7 Å².